The number of aromatic nitrogens is 1. The number of carbonyl (C=O) groups is 1. The average Bonchev–Trinajstić information content (AvgIpc) is 3.15. The van der Waals surface area contributed by atoms with Crippen molar-refractivity contribution < 1.29 is 14.6 Å². The minimum Gasteiger partial charge on any atom is -0.497 e. The van der Waals surface area contributed by atoms with E-state index in [-0.39, 0.29) is 12.5 Å². The molecular formula is C21H22ClN3O3S. The minimum atomic E-state index is -0.240. The van der Waals surface area contributed by atoms with Crippen molar-refractivity contribution in [2.24, 2.45) is 0 Å². The average molecular weight is 432 g/mol. The van der Waals surface area contributed by atoms with Crippen LogP contribution >= 0.6 is 22.9 Å². The Morgan fingerprint density at radius 2 is 2.10 bits per heavy atom. The number of hydrogen-bond donors (Lipinski definition) is 3. The lowest BCUT2D eigenvalue weighted by Crippen LogP contribution is -2.21. The van der Waals surface area contributed by atoms with Crippen molar-refractivity contribution in [2.45, 2.75) is 13.5 Å². The van der Waals surface area contributed by atoms with Crippen LogP contribution in [0.1, 0.15) is 20.9 Å². The van der Waals surface area contributed by atoms with E-state index < -0.39 is 0 Å². The van der Waals surface area contributed by atoms with Gasteiger partial charge in [0, 0.05) is 35.3 Å². The van der Waals surface area contributed by atoms with Crippen molar-refractivity contribution >= 4 is 34.5 Å². The number of hydrogen-bond acceptors (Lipinski definition) is 6. The Morgan fingerprint density at radius 3 is 2.79 bits per heavy atom. The van der Waals surface area contributed by atoms with Crippen LogP contribution in [0, 0.1) is 6.92 Å². The van der Waals surface area contributed by atoms with Crippen molar-refractivity contribution in [1.29, 1.82) is 0 Å². The Morgan fingerprint density at radius 1 is 1.28 bits per heavy atom. The number of benzene rings is 2. The van der Waals surface area contributed by atoms with E-state index in [1.54, 1.807) is 42.7 Å². The predicted molar refractivity (Wildman–Crippen MR) is 117 cm³/mol. The summed E-state index contributed by atoms with van der Waals surface area (Å²) < 4.78 is 5.26. The van der Waals surface area contributed by atoms with Crippen molar-refractivity contribution in [1.82, 2.24) is 10.3 Å². The molecule has 0 spiro atoms. The molecule has 0 unspecified atom stereocenters. The molecule has 0 saturated heterocycles. The fourth-order valence-electron chi connectivity index (χ4n) is 2.85. The highest BCUT2D eigenvalue weighted by Crippen LogP contribution is 2.31. The zero-order valence-corrected chi connectivity index (χ0v) is 17.7. The van der Waals surface area contributed by atoms with E-state index in [4.69, 9.17) is 21.4 Å². The van der Waals surface area contributed by atoms with Crippen molar-refractivity contribution in [2.75, 3.05) is 25.6 Å². The number of thiazole rings is 1. The van der Waals surface area contributed by atoms with E-state index in [0.29, 0.717) is 35.1 Å². The molecule has 0 aliphatic rings. The van der Waals surface area contributed by atoms with Gasteiger partial charge in [-0.2, -0.15) is 0 Å². The minimum absolute atomic E-state index is 0.0230. The van der Waals surface area contributed by atoms with Crippen LogP contribution in [0.15, 0.2) is 41.8 Å². The van der Waals surface area contributed by atoms with Crippen molar-refractivity contribution in [3.05, 3.63) is 62.9 Å². The molecular weight excluding hydrogens is 410 g/mol. The number of nitrogens with one attached hydrogen (secondary N) is 2. The molecule has 0 atom stereocenters. The molecule has 0 aliphatic carbocycles. The summed E-state index contributed by atoms with van der Waals surface area (Å²) in [6.45, 7) is 2.83. The van der Waals surface area contributed by atoms with Crippen LogP contribution < -0.4 is 15.4 Å². The summed E-state index contributed by atoms with van der Waals surface area (Å²) in [5.41, 5.74) is 3.49. The predicted octanol–water partition coefficient (Wildman–Crippen LogP) is 4.11. The van der Waals surface area contributed by atoms with Crippen LogP contribution in [0.3, 0.4) is 0 Å². The summed E-state index contributed by atoms with van der Waals surface area (Å²) in [7, 11) is 1.58. The summed E-state index contributed by atoms with van der Waals surface area (Å²) in [4.78, 5) is 17.4. The standard InChI is InChI=1S/C21H22ClN3O3S/c1-13-24-20(12-29-13)18-10-15(3-6-19(18)22)25-21(27)17-5-4-16(28-2)9-14(17)11-23-7-8-26/h3-6,9-10,12,23,26H,7-8,11H2,1-2H3,(H,25,27). The van der Waals surface area contributed by atoms with Crippen LogP contribution in [0.25, 0.3) is 11.3 Å². The molecule has 3 N–H and O–H groups in total. The van der Waals surface area contributed by atoms with Gasteiger partial charge in [-0.3, -0.25) is 4.79 Å². The van der Waals surface area contributed by atoms with Gasteiger partial charge in [-0.15, -0.1) is 11.3 Å². The first-order valence-electron chi connectivity index (χ1n) is 9.03. The number of aryl methyl sites for hydroxylation is 1. The molecule has 0 fully saturated rings. The van der Waals surface area contributed by atoms with Crippen molar-refractivity contribution in [3.8, 4) is 17.0 Å². The van der Waals surface area contributed by atoms with E-state index in [2.05, 4.69) is 15.6 Å². The van der Waals surface area contributed by atoms with E-state index in [9.17, 15) is 4.79 Å². The SMILES string of the molecule is COc1ccc(C(=O)Nc2ccc(Cl)c(-c3csc(C)n3)c2)c(CNCCO)c1. The molecule has 1 aromatic heterocycles. The molecule has 6 nitrogen and oxygen atoms in total. The van der Waals surface area contributed by atoms with E-state index in [0.717, 1.165) is 21.8 Å². The van der Waals surface area contributed by atoms with Crippen LogP contribution in [0.5, 0.6) is 5.75 Å². The molecule has 2 aromatic carbocycles. The molecule has 3 aromatic rings. The molecule has 3 rings (SSSR count). The topological polar surface area (TPSA) is 83.5 Å². The number of aliphatic hydroxyl groups excluding tert-OH is 1. The molecule has 1 amide bonds. The fourth-order valence-corrected chi connectivity index (χ4v) is 3.68. The Balaban J connectivity index is 1.84. The van der Waals surface area contributed by atoms with Gasteiger partial charge < -0.3 is 20.5 Å². The summed E-state index contributed by atoms with van der Waals surface area (Å²) in [5, 5.41) is 18.5. The van der Waals surface area contributed by atoms with E-state index in [1.807, 2.05) is 24.4 Å². The van der Waals surface area contributed by atoms with Gasteiger partial charge in [0.2, 0.25) is 0 Å². The maximum atomic E-state index is 12.9. The zero-order valence-electron chi connectivity index (χ0n) is 16.2. The first-order valence-corrected chi connectivity index (χ1v) is 10.3. The van der Waals surface area contributed by atoms with E-state index >= 15 is 0 Å². The lowest BCUT2D eigenvalue weighted by Gasteiger charge is -2.13. The maximum absolute atomic E-state index is 12.9. The smallest absolute Gasteiger partial charge is 0.255 e. The molecule has 152 valence electrons. The zero-order chi connectivity index (χ0) is 20.8. The Kier molecular flexibility index (Phi) is 7.22. The monoisotopic (exact) mass is 431 g/mol. The van der Waals surface area contributed by atoms with Gasteiger partial charge >= 0.3 is 0 Å². The van der Waals surface area contributed by atoms with Gasteiger partial charge in [0.25, 0.3) is 5.91 Å². The largest absolute Gasteiger partial charge is 0.497 e. The third kappa shape index (κ3) is 5.33. The summed E-state index contributed by atoms with van der Waals surface area (Å²) in [5.74, 6) is 0.422. The van der Waals surface area contributed by atoms with E-state index in [1.165, 1.54) is 0 Å². The Bertz CT molecular complexity index is 1010. The highest BCUT2D eigenvalue weighted by Gasteiger charge is 2.14. The second-order valence-corrected chi connectivity index (χ2v) is 7.79. The normalized spacial score (nSPS) is 10.8. The fraction of sp³-hybridized carbons (Fsp3) is 0.238. The molecule has 29 heavy (non-hydrogen) atoms. The van der Waals surface area contributed by atoms with Gasteiger partial charge in [0.1, 0.15) is 5.75 Å². The number of aliphatic hydroxyl groups is 1. The number of halogens is 1. The number of ether oxygens (including phenoxy) is 1. The van der Waals surface area contributed by atoms with Gasteiger partial charge in [-0.1, -0.05) is 11.6 Å². The molecule has 1 heterocycles. The Labute approximate surface area is 178 Å². The second kappa shape index (κ2) is 9.84. The highest BCUT2D eigenvalue weighted by molar-refractivity contribution is 7.09. The quantitative estimate of drug-likeness (QED) is 0.467. The first-order chi connectivity index (χ1) is 14.0. The maximum Gasteiger partial charge on any atom is 0.255 e. The number of amides is 1. The number of methoxy groups -OCH3 is 1. The number of rotatable bonds is 8. The van der Waals surface area contributed by atoms with Crippen LogP contribution in [0.4, 0.5) is 5.69 Å². The number of carbonyl (C=O) groups excluding carboxylic acids is 1. The second-order valence-electron chi connectivity index (χ2n) is 6.32. The molecule has 8 heteroatoms. The summed E-state index contributed by atoms with van der Waals surface area (Å²) >= 11 is 7.88. The first kappa shape index (κ1) is 21.3. The lowest BCUT2D eigenvalue weighted by molar-refractivity contribution is 0.102. The lowest BCUT2D eigenvalue weighted by atomic mass is 10.1. The number of nitrogens with zero attached hydrogens (tertiary/aromatic N) is 1. The van der Waals surface area contributed by atoms with Gasteiger partial charge in [0.15, 0.2) is 0 Å². The van der Waals surface area contributed by atoms with Gasteiger partial charge in [-0.05, 0) is 48.9 Å². The number of anilines is 1. The third-order valence-electron chi connectivity index (χ3n) is 4.28. The third-order valence-corrected chi connectivity index (χ3v) is 5.38. The molecule has 0 bridgehead atoms. The van der Waals surface area contributed by atoms with Crippen LogP contribution in [-0.2, 0) is 6.54 Å². The summed E-state index contributed by atoms with van der Waals surface area (Å²) in [6, 6.07) is 10.6. The molecule has 0 radical (unpaired) electrons. The van der Waals surface area contributed by atoms with Crippen LogP contribution in [-0.4, -0.2) is 36.3 Å². The highest BCUT2D eigenvalue weighted by atomic mass is 35.5. The Hall–Kier alpha value is -2.45. The van der Waals surface area contributed by atoms with Crippen LogP contribution in [0.2, 0.25) is 5.02 Å². The van der Waals surface area contributed by atoms with Crippen molar-refractivity contribution in [3.63, 3.8) is 0 Å². The van der Waals surface area contributed by atoms with Gasteiger partial charge in [-0.25, -0.2) is 4.98 Å². The summed E-state index contributed by atoms with van der Waals surface area (Å²) in [6.07, 6.45) is 0. The molecule has 0 aliphatic heterocycles. The van der Waals surface area contributed by atoms with Gasteiger partial charge in [0.05, 0.1) is 29.4 Å². The molecule has 0 saturated carbocycles.